The summed E-state index contributed by atoms with van der Waals surface area (Å²) in [5.41, 5.74) is 11.5. The first kappa shape index (κ1) is 12.9. The number of nitrogens with zero attached hydrogens (tertiary/aromatic N) is 2. The lowest BCUT2D eigenvalue weighted by molar-refractivity contribution is 0.102. The number of aliphatic imine (C=N–C) groups is 1. The predicted octanol–water partition coefficient (Wildman–Crippen LogP) is 1.22. The number of amides is 1. The van der Waals surface area contributed by atoms with Gasteiger partial charge >= 0.3 is 0 Å². The Hall–Kier alpha value is -2.54. The van der Waals surface area contributed by atoms with Crippen molar-refractivity contribution in [1.82, 2.24) is 9.97 Å². The number of nitrogens with one attached hydrogen (secondary N) is 2. The molecular formula is C11H11ClN6O. The first-order valence-electron chi connectivity index (χ1n) is 5.26. The smallest absolute Gasteiger partial charge is 0.257 e. The van der Waals surface area contributed by atoms with Gasteiger partial charge in [-0.25, -0.2) is 9.98 Å². The van der Waals surface area contributed by atoms with Crippen LogP contribution in [0, 0.1) is 0 Å². The molecule has 0 bridgehead atoms. The molecule has 8 heteroatoms. The van der Waals surface area contributed by atoms with Crippen LogP contribution >= 0.6 is 11.6 Å². The predicted molar refractivity (Wildman–Crippen MR) is 73.5 cm³/mol. The lowest BCUT2D eigenvalue weighted by Gasteiger charge is -2.02. The molecule has 0 saturated carbocycles. The summed E-state index contributed by atoms with van der Waals surface area (Å²) < 4.78 is 0. The maximum Gasteiger partial charge on any atom is 0.257 e. The number of imidazole rings is 1. The van der Waals surface area contributed by atoms with Gasteiger partial charge in [0.2, 0.25) is 5.95 Å². The van der Waals surface area contributed by atoms with Crippen LogP contribution in [-0.2, 0) is 0 Å². The van der Waals surface area contributed by atoms with Crippen LogP contribution in [0.15, 0.2) is 35.5 Å². The van der Waals surface area contributed by atoms with Gasteiger partial charge < -0.3 is 16.5 Å². The van der Waals surface area contributed by atoms with Crippen molar-refractivity contribution in [3.8, 4) is 0 Å². The summed E-state index contributed by atoms with van der Waals surface area (Å²) in [6.45, 7) is 0. The van der Waals surface area contributed by atoms with Crippen LogP contribution < -0.4 is 16.8 Å². The Bertz CT molecular complexity index is 614. The molecule has 2 aromatic rings. The molecule has 1 aromatic heterocycles. The minimum Gasteiger partial charge on any atom is -0.370 e. The fraction of sp³-hybridized carbons (Fsp3) is 0. The molecule has 1 amide bonds. The van der Waals surface area contributed by atoms with Gasteiger partial charge in [-0.2, -0.15) is 0 Å². The van der Waals surface area contributed by atoms with E-state index >= 15 is 0 Å². The number of aromatic amines is 1. The van der Waals surface area contributed by atoms with Crippen molar-refractivity contribution < 1.29 is 4.79 Å². The Kier molecular flexibility index (Phi) is 3.67. The zero-order valence-electron chi connectivity index (χ0n) is 9.72. The van der Waals surface area contributed by atoms with Crippen LogP contribution in [0.5, 0.6) is 0 Å². The third-order valence-corrected chi connectivity index (χ3v) is 2.36. The van der Waals surface area contributed by atoms with Crippen LogP contribution in [0.25, 0.3) is 0 Å². The van der Waals surface area contributed by atoms with E-state index in [4.69, 9.17) is 23.1 Å². The summed E-state index contributed by atoms with van der Waals surface area (Å²) in [7, 11) is 0. The molecule has 0 spiro atoms. The first-order chi connectivity index (χ1) is 9.04. The molecule has 0 fully saturated rings. The highest BCUT2D eigenvalue weighted by atomic mass is 35.5. The van der Waals surface area contributed by atoms with Gasteiger partial charge in [-0.1, -0.05) is 11.6 Å². The minimum atomic E-state index is -0.317. The van der Waals surface area contributed by atoms with Crippen molar-refractivity contribution in [1.29, 1.82) is 0 Å². The van der Waals surface area contributed by atoms with Gasteiger partial charge in [0.1, 0.15) is 5.15 Å². The summed E-state index contributed by atoms with van der Waals surface area (Å²) in [5.74, 6) is -0.0759. The molecule has 6 N–H and O–H groups in total. The number of halogens is 1. The lowest BCUT2D eigenvalue weighted by atomic mass is 10.2. The molecule has 0 aliphatic heterocycles. The van der Waals surface area contributed by atoms with Crippen molar-refractivity contribution in [2.75, 3.05) is 5.32 Å². The van der Waals surface area contributed by atoms with Gasteiger partial charge in [-0.05, 0) is 24.3 Å². The SMILES string of the molecule is NC(N)=Nc1ccc(C(=O)Nc2ncc(Cl)[nH]2)cc1. The lowest BCUT2D eigenvalue weighted by Crippen LogP contribution is -2.21. The summed E-state index contributed by atoms with van der Waals surface area (Å²) in [6, 6.07) is 6.46. The average molecular weight is 279 g/mol. The zero-order chi connectivity index (χ0) is 13.8. The normalized spacial score (nSPS) is 9.95. The molecular weight excluding hydrogens is 268 g/mol. The van der Waals surface area contributed by atoms with Crippen LogP contribution in [0.2, 0.25) is 5.15 Å². The summed E-state index contributed by atoms with van der Waals surface area (Å²) >= 11 is 5.65. The second-order valence-electron chi connectivity index (χ2n) is 3.62. The highest BCUT2D eigenvalue weighted by molar-refractivity contribution is 6.29. The fourth-order valence-electron chi connectivity index (χ4n) is 1.38. The molecule has 0 radical (unpaired) electrons. The fourth-order valence-corrected chi connectivity index (χ4v) is 1.52. The Balaban J connectivity index is 2.09. The number of hydrogen-bond donors (Lipinski definition) is 4. The van der Waals surface area contributed by atoms with Crippen LogP contribution in [-0.4, -0.2) is 21.8 Å². The highest BCUT2D eigenvalue weighted by Gasteiger charge is 2.07. The van der Waals surface area contributed by atoms with E-state index in [0.717, 1.165) is 0 Å². The van der Waals surface area contributed by atoms with Gasteiger partial charge in [-0.3, -0.25) is 10.1 Å². The third kappa shape index (κ3) is 3.46. The summed E-state index contributed by atoms with van der Waals surface area (Å²) in [5, 5.41) is 2.91. The van der Waals surface area contributed by atoms with Gasteiger partial charge in [0.15, 0.2) is 5.96 Å². The molecule has 19 heavy (non-hydrogen) atoms. The van der Waals surface area contributed by atoms with Crippen molar-refractivity contribution in [3.05, 3.63) is 41.2 Å². The molecule has 0 unspecified atom stereocenters. The number of aromatic nitrogens is 2. The Labute approximate surface area is 113 Å². The summed E-state index contributed by atoms with van der Waals surface area (Å²) in [6.07, 6.45) is 1.40. The molecule has 0 atom stereocenters. The number of guanidine groups is 1. The number of carbonyl (C=O) groups is 1. The van der Waals surface area contributed by atoms with E-state index in [9.17, 15) is 4.79 Å². The van der Waals surface area contributed by atoms with Gasteiger partial charge in [-0.15, -0.1) is 0 Å². The number of rotatable bonds is 3. The first-order valence-corrected chi connectivity index (χ1v) is 5.64. The Morgan fingerprint density at radius 1 is 1.32 bits per heavy atom. The van der Waals surface area contributed by atoms with Crippen LogP contribution in [0.3, 0.4) is 0 Å². The number of anilines is 1. The molecule has 7 nitrogen and oxygen atoms in total. The second kappa shape index (κ2) is 5.40. The van der Waals surface area contributed by atoms with Crippen LogP contribution in [0.1, 0.15) is 10.4 Å². The maximum absolute atomic E-state index is 11.9. The number of nitrogens with two attached hydrogens (primary N) is 2. The van der Waals surface area contributed by atoms with E-state index in [2.05, 4.69) is 20.3 Å². The third-order valence-electron chi connectivity index (χ3n) is 2.16. The molecule has 1 heterocycles. The molecule has 2 rings (SSSR count). The van der Waals surface area contributed by atoms with Gasteiger partial charge in [0.25, 0.3) is 5.91 Å². The Morgan fingerprint density at radius 2 is 2.00 bits per heavy atom. The molecule has 1 aromatic carbocycles. The van der Waals surface area contributed by atoms with Crippen molar-refractivity contribution in [2.45, 2.75) is 0 Å². The number of H-pyrrole nitrogens is 1. The number of carbonyl (C=O) groups excluding carboxylic acids is 1. The zero-order valence-corrected chi connectivity index (χ0v) is 10.5. The van der Waals surface area contributed by atoms with Crippen molar-refractivity contribution in [2.24, 2.45) is 16.5 Å². The minimum absolute atomic E-state index is 0.0394. The van der Waals surface area contributed by atoms with Crippen molar-refractivity contribution in [3.63, 3.8) is 0 Å². The molecule has 0 aliphatic rings. The molecule has 0 aliphatic carbocycles. The Morgan fingerprint density at radius 3 is 2.53 bits per heavy atom. The number of benzene rings is 1. The standard InChI is InChI=1S/C11H11ClN6O/c12-8-5-15-11(17-8)18-9(19)6-1-3-7(4-2-6)16-10(13)14/h1-5H,(H4,13,14,16)(H2,15,17,18,19). The van der Waals surface area contributed by atoms with E-state index in [1.54, 1.807) is 24.3 Å². The average Bonchev–Trinajstić information content (AvgIpc) is 2.75. The van der Waals surface area contributed by atoms with E-state index < -0.39 is 0 Å². The van der Waals surface area contributed by atoms with Gasteiger partial charge in [0.05, 0.1) is 11.9 Å². The maximum atomic E-state index is 11.9. The quantitative estimate of drug-likeness (QED) is 0.498. The molecule has 98 valence electrons. The molecule has 0 saturated heterocycles. The monoisotopic (exact) mass is 278 g/mol. The summed E-state index contributed by atoms with van der Waals surface area (Å²) in [4.78, 5) is 22.3. The van der Waals surface area contributed by atoms with E-state index in [1.807, 2.05) is 0 Å². The van der Waals surface area contributed by atoms with Gasteiger partial charge in [0, 0.05) is 5.56 Å². The van der Waals surface area contributed by atoms with Crippen molar-refractivity contribution >= 4 is 35.1 Å². The second-order valence-corrected chi connectivity index (χ2v) is 4.02. The van der Waals surface area contributed by atoms with E-state index in [1.165, 1.54) is 6.20 Å². The number of hydrogen-bond acceptors (Lipinski definition) is 3. The largest absolute Gasteiger partial charge is 0.370 e. The van der Waals surface area contributed by atoms with Crippen LogP contribution in [0.4, 0.5) is 11.6 Å². The van der Waals surface area contributed by atoms with E-state index in [0.29, 0.717) is 16.4 Å². The topological polar surface area (TPSA) is 122 Å². The highest BCUT2D eigenvalue weighted by Crippen LogP contribution is 2.14. The van der Waals surface area contributed by atoms with E-state index in [-0.39, 0.29) is 17.8 Å².